The van der Waals surface area contributed by atoms with Gasteiger partial charge in [-0.05, 0) is 42.8 Å². The van der Waals surface area contributed by atoms with Crippen LogP contribution in [-0.4, -0.2) is 18.1 Å². The summed E-state index contributed by atoms with van der Waals surface area (Å²) in [6.45, 7) is 1.70. The van der Waals surface area contributed by atoms with Gasteiger partial charge in [0.25, 0.3) is 5.24 Å². The van der Waals surface area contributed by atoms with Crippen LogP contribution in [0.2, 0.25) is 0 Å². The Bertz CT molecular complexity index is 359. The van der Waals surface area contributed by atoms with E-state index >= 15 is 0 Å². The molecule has 0 spiro atoms. The Balaban J connectivity index is 2.94. The fourth-order valence-electron chi connectivity index (χ4n) is 1.01. The third kappa shape index (κ3) is 2.33. The second-order valence-corrected chi connectivity index (χ2v) is 3.31. The molecule has 1 N–H and O–H groups in total. The lowest BCUT2D eigenvalue weighted by atomic mass is 10.2. The highest BCUT2D eigenvalue weighted by molar-refractivity contribution is 6.67. The van der Waals surface area contributed by atoms with Gasteiger partial charge in [0.1, 0.15) is 0 Å². The van der Waals surface area contributed by atoms with Crippen molar-refractivity contribution in [2.75, 3.05) is 11.9 Å². The summed E-state index contributed by atoms with van der Waals surface area (Å²) in [6, 6.07) is 6.80. The molecule has 1 aromatic carbocycles. The first-order valence-corrected chi connectivity index (χ1v) is 4.49. The van der Waals surface area contributed by atoms with Crippen molar-refractivity contribution in [1.29, 1.82) is 5.41 Å². The summed E-state index contributed by atoms with van der Waals surface area (Å²) in [5, 5.41) is 6.94. The molecule has 0 amide bonds. The number of hydrogen-bond acceptors (Lipinski definition) is 2. The molecule has 0 saturated carbocycles. The third-order valence-corrected chi connectivity index (χ3v) is 2.20. The monoisotopic (exact) mass is 210 g/mol. The molecule has 0 radical (unpaired) electrons. The third-order valence-electron chi connectivity index (χ3n) is 1.98. The summed E-state index contributed by atoms with van der Waals surface area (Å²) < 4.78 is 0. The van der Waals surface area contributed by atoms with E-state index in [2.05, 4.69) is 0 Å². The number of anilines is 1. The van der Waals surface area contributed by atoms with E-state index in [4.69, 9.17) is 17.0 Å². The zero-order valence-corrected chi connectivity index (χ0v) is 8.80. The number of rotatable bonds is 2. The van der Waals surface area contributed by atoms with Gasteiger partial charge in [-0.1, -0.05) is 0 Å². The summed E-state index contributed by atoms with van der Waals surface area (Å²) in [7, 11) is 1.79. The van der Waals surface area contributed by atoms with Crippen molar-refractivity contribution in [1.82, 2.24) is 0 Å². The van der Waals surface area contributed by atoms with E-state index in [1.807, 2.05) is 0 Å². The second-order valence-electron chi connectivity index (χ2n) is 2.97. The molecule has 0 saturated heterocycles. The molecule has 0 heterocycles. The molecule has 3 nitrogen and oxygen atoms in total. The fraction of sp³-hybridized carbons (Fsp3) is 0.200. The van der Waals surface area contributed by atoms with Crippen molar-refractivity contribution in [2.24, 2.45) is 0 Å². The van der Waals surface area contributed by atoms with Crippen LogP contribution < -0.4 is 4.90 Å². The van der Waals surface area contributed by atoms with Gasteiger partial charge in [-0.3, -0.25) is 10.2 Å². The van der Waals surface area contributed by atoms with Gasteiger partial charge in [-0.15, -0.1) is 0 Å². The molecular weight excluding hydrogens is 200 g/mol. The molecule has 14 heavy (non-hydrogen) atoms. The largest absolute Gasteiger partial charge is 0.334 e. The highest BCUT2D eigenvalue weighted by Crippen LogP contribution is 2.14. The molecule has 0 aliphatic carbocycles. The highest BCUT2D eigenvalue weighted by atomic mass is 35.5. The zero-order chi connectivity index (χ0) is 10.7. The molecule has 0 unspecified atom stereocenters. The number of carbonyl (C=O) groups excluding carboxylic acids is 1. The molecule has 0 atom stereocenters. The van der Waals surface area contributed by atoms with Crippen LogP contribution in [0.4, 0.5) is 5.69 Å². The summed E-state index contributed by atoms with van der Waals surface area (Å²) >= 11 is 5.30. The minimum absolute atomic E-state index is 0.440. The first-order chi connectivity index (χ1) is 6.52. The minimum Gasteiger partial charge on any atom is -0.334 e. The maximum absolute atomic E-state index is 10.8. The predicted octanol–water partition coefficient (Wildman–Crippen LogP) is 2.50. The summed E-state index contributed by atoms with van der Waals surface area (Å²) in [4.78, 5) is 12.5. The molecule has 0 aliphatic rings. The Labute approximate surface area is 87.8 Å². The maximum atomic E-state index is 10.8. The Morgan fingerprint density at radius 3 is 2.21 bits per heavy atom. The summed E-state index contributed by atoms with van der Waals surface area (Å²) in [5.41, 5.74) is 1.32. The van der Waals surface area contributed by atoms with Crippen LogP contribution in [0.25, 0.3) is 0 Å². The minimum atomic E-state index is -0.467. The van der Waals surface area contributed by atoms with Crippen LogP contribution in [0.5, 0.6) is 0 Å². The Kier molecular flexibility index (Phi) is 3.25. The second kappa shape index (κ2) is 4.24. The van der Waals surface area contributed by atoms with Gasteiger partial charge in [0, 0.05) is 18.3 Å². The summed E-state index contributed by atoms with van der Waals surface area (Å²) in [6.07, 6.45) is 0. The quantitative estimate of drug-likeness (QED) is 0.463. The molecule has 0 aromatic heterocycles. The van der Waals surface area contributed by atoms with Crippen molar-refractivity contribution in [3.05, 3.63) is 29.8 Å². The standard InChI is InChI=1S/C10H11ClN2O/c1-7(12)13(2)9-5-3-8(4-6-9)10(11)14/h3-6,12H,1-2H3. The van der Waals surface area contributed by atoms with Crippen molar-refractivity contribution in [3.8, 4) is 0 Å². The van der Waals surface area contributed by atoms with E-state index in [0.717, 1.165) is 5.69 Å². The normalized spacial score (nSPS) is 9.64. The smallest absolute Gasteiger partial charge is 0.252 e. The van der Waals surface area contributed by atoms with Gasteiger partial charge in [0.05, 0.1) is 5.84 Å². The predicted molar refractivity (Wildman–Crippen MR) is 58.4 cm³/mol. The van der Waals surface area contributed by atoms with Crippen LogP contribution in [0.1, 0.15) is 17.3 Å². The van der Waals surface area contributed by atoms with Gasteiger partial charge in [0.2, 0.25) is 0 Å². The van der Waals surface area contributed by atoms with Crippen molar-refractivity contribution < 1.29 is 4.79 Å². The van der Waals surface area contributed by atoms with Crippen LogP contribution in [0.3, 0.4) is 0 Å². The first kappa shape index (κ1) is 10.7. The van der Waals surface area contributed by atoms with Crippen LogP contribution in [0.15, 0.2) is 24.3 Å². The molecule has 1 aromatic rings. The Hall–Kier alpha value is -1.35. The SMILES string of the molecule is CC(=N)N(C)c1ccc(C(=O)Cl)cc1. The average Bonchev–Trinajstić information content (AvgIpc) is 2.16. The van der Waals surface area contributed by atoms with E-state index in [9.17, 15) is 4.79 Å². The van der Waals surface area contributed by atoms with Crippen molar-refractivity contribution >= 4 is 28.4 Å². The number of hydrogen-bond donors (Lipinski definition) is 1. The number of nitrogens with zero attached hydrogens (tertiary/aromatic N) is 1. The van der Waals surface area contributed by atoms with Gasteiger partial charge in [0.15, 0.2) is 0 Å². The lowest BCUT2D eigenvalue weighted by Crippen LogP contribution is -2.21. The topological polar surface area (TPSA) is 44.2 Å². The number of amidine groups is 1. The number of halogens is 1. The Morgan fingerprint density at radius 2 is 1.86 bits per heavy atom. The van der Waals surface area contributed by atoms with Gasteiger partial charge < -0.3 is 4.90 Å². The molecule has 0 fully saturated rings. The van der Waals surface area contributed by atoms with Crippen molar-refractivity contribution in [2.45, 2.75) is 6.92 Å². The molecule has 4 heteroatoms. The Morgan fingerprint density at radius 1 is 1.36 bits per heavy atom. The van der Waals surface area contributed by atoms with E-state index in [1.54, 1.807) is 43.1 Å². The van der Waals surface area contributed by atoms with E-state index < -0.39 is 5.24 Å². The number of benzene rings is 1. The fourth-order valence-corrected chi connectivity index (χ4v) is 1.14. The summed E-state index contributed by atoms with van der Waals surface area (Å²) in [5.74, 6) is 0.440. The molecule has 1 rings (SSSR count). The molecule has 0 aliphatic heterocycles. The van der Waals surface area contributed by atoms with Gasteiger partial charge >= 0.3 is 0 Å². The van der Waals surface area contributed by atoms with Crippen LogP contribution in [-0.2, 0) is 0 Å². The van der Waals surface area contributed by atoms with Crippen LogP contribution in [0, 0.1) is 5.41 Å². The van der Waals surface area contributed by atoms with E-state index in [-0.39, 0.29) is 0 Å². The van der Waals surface area contributed by atoms with Crippen molar-refractivity contribution in [3.63, 3.8) is 0 Å². The number of nitrogens with one attached hydrogen (secondary N) is 1. The molecule has 74 valence electrons. The lowest BCUT2D eigenvalue weighted by Gasteiger charge is -2.17. The maximum Gasteiger partial charge on any atom is 0.252 e. The van der Waals surface area contributed by atoms with Gasteiger partial charge in [-0.2, -0.15) is 0 Å². The number of carbonyl (C=O) groups is 1. The molecule has 0 bridgehead atoms. The molecular formula is C10H11ClN2O. The van der Waals surface area contributed by atoms with E-state index in [1.165, 1.54) is 0 Å². The van der Waals surface area contributed by atoms with E-state index in [0.29, 0.717) is 11.4 Å². The average molecular weight is 211 g/mol. The lowest BCUT2D eigenvalue weighted by molar-refractivity contribution is 0.108. The van der Waals surface area contributed by atoms with Gasteiger partial charge in [-0.25, -0.2) is 0 Å². The first-order valence-electron chi connectivity index (χ1n) is 4.11. The highest BCUT2D eigenvalue weighted by Gasteiger charge is 2.04. The van der Waals surface area contributed by atoms with Crippen LogP contribution >= 0.6 is 11.6 Å². The zero-order valence-electron chi connectivity index (χ0n) is 8.04.